The minimum Gasteiger partial charge on any atom is -0.475 e. The predicted octanol–water partition coefficient (Wildman–Crippen LogP) is 4.89. The molecule has 5 rings (SSSR count). The molecule has 0 radical (unpaired) electrons. The molecule has 1 aliphatic heterocycles. The van der Waals surface area contributed by atoms with E-state index in [1.165, 1.54) is 4.90 Å². The quantitative estimate of drug-likeness (QED) is 0.238. The number of piperazine rings is 1. The van der Waals surface area contributed by atoms with Gasteiger partial charge in [0.05, 0.1) is 22.7 Å². The molecule has 4 aromatic rings. The Bertz CT molecular complexity index is 1710. The van der Waals surface area contributed by atoms with Gasteiger partial charge in [-0.25, -0.2) is 9.78 Å². The van der Waals surface area contributed by atoms with Crippen LogP contribution in [-0.4, -0.2) is 74.6 Å². The molecule has 1 saturated heterocycles. The summed E-state index contributed by atoms with van der Waals surface area (Å²) in [5.41, 5.74) is 3.32. The molecule has 0 unspecified atom stereocenters. The van der Waals surface area contributed by atoms with Crippen molar-refractivity contribution in [2.75, 3.05) is 31.5 Å². The van der Waals surface area contributed by atoms with Gasteiger partial charge in [-0.2, -0.15) is 27.2 Å². The number of rotatable bonds is 5. The first-order chi connectivity index (χ1) is 21.4. The van der Waals surface area contributed by atoms with E-state index in [-0.39, 0.29) is 5.82 Å². The summed E-state index contributed by atoms with van der Waals surface area (Å²) in [7, 11) is 0. The first kappa shape index (κ1) is 32.6. The molecule has 2 amide bonds. The summed E-state index contributed by atoms with van der Waals surface area (Å²) in [5, 5.41) is 18.6. The number of aliphatic carboxylic acids is 1. The van der Waals surface area contributed by atoms with E-state index in [1.807, 2.05) is 12.1 Å². The first-order valence-electron chi connectivity index (χ1n) is 13.3. The number of para-hydroxylation sites is 2. The lowest BCUT2D eigenvalue weighted by Crippen LogP contribution is -2.51. The van der Waals surface area contributed by atoms with Crippen LogP contribution in [0.25, 0.3) is 22.4 Å². The van der Waals surface area contributed by atoms with E-state index in [2.05, 4.69) is 21.3 Å². The minimum absolute atomic E-state index is 0.119. The molecule has 10 nitrogen and oxygen atoms in total. The molecule has 45 heavy (non-hydrogen) atoms. The number of fused-ring (bicyclic) bond motifs is 1. The van der Waals surface area contributed by atoms with Crippen LogP contribution >= 0.6 is 0 Å². The van der Waals surface area contributed by atoms with Crippen LogP contribution in [-0.2, 0) is 20.9 Å². The topological polar surface area (TPSA) is 132 Å². The van der Waals surface area contributed by atoms with Crippen molar-refractivity contribution in [3.05, 3.63) is 83.9 Å². The number of alkyl halides is 5. The summed E-state index contributed by atoms with van der Waals surface area (Å²) < 4.78 is 60.1. The number of amides is 2. The molecule has 2 N–H and O–H groups in total. The third-order valence-electron chi connectivity index (χ3n) is 6.78. The van der Waals surface area contributed by atoms with Crippen LogP contribution < -0.4 is 5.32 Å². The molecule has 0 aliphatic carbocycles. The molecule has 0 bridgehead atoms. The van der Waals surface area contributed by atoms with E-state index in [1.54, 1.807) is 60.7 Å². The highest BCUT2D eigenvalue weighted by molar-refractivity contribution is 6.39. The number of halogens is 5. The maximum absolute atomic E-state index is 13.8. The van der Waals surface area contributed by atoms with Crippen molar-refractivity contribution in [3.8, 4) is 17.5 Å². The zero-order valence-corrected chi connectivity index (χ0v) is 23.3. The van der Waals surface area contributed by atoms with Crippen molar-refractivity contribution in [2.24, 2.45) is 0 Å². The molecule has 234 valence electrons. The van der Waals surface area contributed by atoms with E-state index < -0.39 is 30.5 Å². The van der Waals surface area contributed by atoms with Crippen LogP contribution in [0.4, 0.5) is 27.6 Å². The summed E-state index contributed by atoms with van der Waals surface area (Å²) in [5.74, 6) is -4.01. The summed E-state index contributed by atoms with van der Waals surface area (Å²) >= 11 is 0. The number of imidazole rings is 1. The van der Waals surface area contributed by atoms with Crippen LogP contribution in [0.1, 0.15) is 17.7 Å². The number of benzene rings is 3. The number of nitrogens with one attached hydrogen (secondary N) is 1. The second kappa shape index (κ2) is 14.0. The molecule has 0 atom stereocenters. The normalized spacial score (nSPS) is 13.6. The summed E-state index contributed by atoms with van der Waals surface area (Å²) in [6.07, 6.45) is -5.08. The monoisotopic (exact) mass is 628 g/mol. The highest BCUT2D eigenvalue weighted by atomic mass is 19.4. The Labute approximate surface area is 252 Å². The number of carboxylic acids is 1. The van der Waals surface area contributed by atoms with Crippen molar-refractivity contribution in [1.29, 1.82) is 5.26 Å². The molecular weight excluding hydrogens is 603 g/mol. The Hall–Kier alpha value is -5.36. The molecule has 3 aromatic carbocycles. The van der Waals surface area contributed by atoms with Crippen LogP contribution in [0.15, 0.2) is 72.8 Å². The number of aromatic nitrogens is 2. The van der Waals surface area contributed by atoms with Gasteiger partial charge in [0.1, 0.15) is 5.82 Å². The third-order valence-corrected chi connectivity index (χ3v) is 6.78. The SMILES string of the molecule is N#Cc1ccc(CN2CCN(C(=O)C(=O)Nc3ccc(-c4nc5ccccc5n4C(F)F)cc3)CC2)cc1.O=C(O)C(F)(F)F. The Kier molecular flexibility index (Phi) is 10.1. The van der Waals surface area contributed by atoms with Crippen LogP contribution in [0.3, 0.4) is 0 Å². The number of carboxylic acid groups (broad SMARTS) is 1. The van der Waals surface area contributed by atoms with E-state index in [9.17, 15) is 31.5 Å². The Morgan fingerprint density at radius 2 is 1.53 bits per heavy atom. The Balaban J connectivity index is 0.000000591. The lowest BCUT2D eigenvalue weighted by Gasteiger charge is -2.34. The van der Waals surface area contributed by atoms with Gasteiger partial charge in [-0.1, -0.05) is 24.3 Å². The van der Waals surface area contributed by atoms with Gasteiger partial charge < -0.3 is 15.3 Å². The average Bonchev–Trinajstić information content (AvgIpc) is 3.42. The van der Waals surface area contributed by atoms with Gasteiger partial charge in [-0.3, -0.25) is 19.1 Å². The van der Waals surface area contributed by atoms with Gasteiger partial charge in [0, 0.05) is 44.0 Å². The standard InChI is InChI=1S/C28H24F2N6O2.C2HF3O2/c29-28(30)36-24-4-2-1-3-23(24)33-25(36)21-9-11-22(12-10-21)32-26(37)27(38)35-15-13-34(14-16-35)18-20-7-5-19(17-31)6-8-20;3-2(4,5)1(6)7/h1-12,28H,13-16,18H2,(H,32,37);(H,6,7). The predicted molar refractivity (Wildman–Crippen MR) is 152 cm³/mol. The van der Waals surface area contributed by atoms with E-state index in [4.69, 9.17) is 15.2 Å². The molecule has 1 fully saturated rings. The fraction of sp³-hybridized carbons (Fsp3) is 0.233. The van der Waals surface area contributed by atoms with Crippen molar-refractivity contribution in [2.45, 2.75) is 19.3 Å². The number of hydrogen-bond donors (Lipinski definition) is 2. The Morgan fingerprint density at radius 1 is 0.933 bits per heavy atom. The molecule has 1 aromatic heterocycles. The van der Waals surface area contributed by atoms with Crippen LogP contribution in [0.5, 0.6) is 0 Å². The van der Waals surface area contributed by atoms with Crippen LogP contribution in [0, 0.1) is 11.3 Å². The van der Waals surface area contributed by atoms with Gasteiger partial charge in [-0.05, 0) is 54.1 Å². The number of nitriles is 1. The second-order valence-corrected chi connectivity index (χ2v) is 9.78. The van der Waals surface area contributed by atoms with E-state index >= 15 is 0 Å². The minimum atomic E-state index is -5.08. The molecule has 2 heterocycles. The smallest absolute Gasteiger partial charge is 0.475 e. The molecule has 15 heteroatoms. The van der Waals surface area contributed by atoms with Crippen molar-refractivity contribution < 1.29 is 41.4 Å². The summed E-state index contributed by atoms with van der Waals surface area (Å²) in [6, 6.07) is 22.5. The number of hydrogen-bond acceptors (Lipinski definition) is 6. The molecule has 0 spiro atoms. The van der Waals surface area contributed by atoms with Crippen molar-refractivity contribution >= 4 is 34.5 Å². The maximum atomic E-state index is 13.8. The van der Waals surface area contributed by atoms with Gasteiger partial charge in [0.15, 0.2) is 0 Å². The van der Waals surface area contributed by atoms with Crippen molar-refractivity contribution in [1.82, 2.24) is 19.4 Å². The second-order valence-electron chi connectivity index (χ2n) is 9.78. The van der Waals surface area contributed by atoms with Crippen LogP contribution in [0.2, 0.25) is 0 Å². The lowest BCUT2D eigenvalue weighted by atomic mass is 10.1. The number of anilines is 1. The van der Waals surface area contributed by atoms with Gasteiger partial charge in [-0.15, -0.1) is 0 Å². The Morgan fingerprint density at radius 3 is 2.09 bits per heavy atom. The van der Waals surface area contributed by atoms with E-state index in [0.717, 1.165) is 10.1 Å². The maximum Gasteiger partial charge on any atom is 0.490 e. The molecular formula is C30H25F5N6O4. The largest absolute Gasteiger partial charge is 0.490 e. The third kappa shape index (κ3) is 8.18. The number of carbonyl (C=O) groups is 3. The molecule has 0 saturated carbocycles. The highest BCUT2D eigenvalue weighted by Crippen LogP contribution is 2.30. The number of carbonyl (C=O) groups excluding carboxylic acids is 2. The van der Waals surface area contributed by atoms with Crippen molar-refractivity contribution in [3.63, 3.8) is 0 Å². The van der Waals surface area contributed by atoms with Gasteiger partial charge in [0.25, 0.3) is 0 Å². The number of nitrogens with zero attached hydrogens (tertiary/aromatic N) is 5. The van der Waals surface area contributed by atoms with Gasteiger partial charge >= 0.3 is 30.5 Å². The summed E-state index contributed by atoms with van der Waals surface area (Å²) in [6.45, 7) is 0.0268. The fourth-order valence-corrected chi connectivity index (χ4v) is 4.53. The first-order valence-corrected chi connectivity index (χ1v) is 13.3. The zero-order valence-electron chi connectivity index (χ0n) is 23.3. The molecule has 1 aliphatic rings. The highest BCUT2D eigenvalue weighted by Gasteiger charge is 2.38. The van der Waals surface area contributed by atoms with Gasteiger partial charge in [0.2, 0.25) is 0 Å². The fourth-order valence-electron chi connectivity index (χ4n) is 4.53. The van der Waals surface area contributed by atoms with E-state index in [0.29, 0.717) is 60.6 Å². The lowest BCUT2D eigenvalue weighted by molar-refractivity contribution is -0.192. The zero-order chi connectivity index (χ0) is 32.7. The summed E-state index contributed by atoms with van der Waals surface area (Å²) in [4.78, 5) is 42.3. The average molecular weight is 629 g/mol.